The molecule has 0 radical (unpaired) electrons. The maximum absolute atomic E-state index is 11.4. The zero-order chi connectivity index (χ0) is 10.6. The summed E-state index contributed by atoms with van der Waals surface area (Å²) in [6.45, 7) is 3.13. The van der Waals surface area contributed by atoms with Crippen LogP contribution in [0.1, 0.15) is 6.92 Å². The molecular weight excluding hydrogens is 204 g/mol. The maximum Gasteiger partial charge on any atom is 0.323 e. The van der Waals surface area contributed by atoms with E-state index in [0.717, 1.165) is 5.75 Å². The molecule has 0 spiro atoms. The first kappa shape index (κ1) is 11.2. The first-order valence-corrected chi connectivity index (χ1v) is 5.50. The Hall–Kier alpha value is -0.910. The summed E-state index contributed by atoms with van der Waals surface area (Å²) in [4.78, 5) is 23.3. The zero-order valence-electron chi connectivity index (χ0n) is 8.02. The number of hydrogen-bond donors (Lipinski definition) is 2. The minimum absolute atomic E-state index is 0.278. The number of carbonyl (C=O) groups is 2. The summed E-state index contributed by atoms with van der Waals surface area (Å²) in [6.07, 6.45) is 0. The van der Waals surface area contributed by atoms with Crippen molar-refractivity contribution in [3.05, 3.63) is 0 Å². The van der Waals surface area contributed by atoms with Crippen molar-refractivity contribution >= 4 is 23.8 Å². The lowest BCUT2D eigenvalue weighted by Crippen LogP contribution is -2.47. The normalized spacial score (nSPS) is 21.8. The average molecular weight is 218 g/mol. The summed E-state index contributed by atoms with van der Waals surface area (Å²) in [7, 11) is 0. The van der Waals surface area contributed by atoms with Crippen LogP contribution in [0.4, 0.5) is 4.79 Å². The van der Waals surface area contributed by atoms with E-state index in [1.54, 1.807) is 4.90 Å². The molecule has 0 bridgehead atoms. The second kappa shape index (κ2) is 5.09. The van der Waals surface area contributed by atoms with Gasteiger partial charge in [-0.05, 0) is 0 Å². The highest BCUT2D eigenvalue weighted by atomic mass is 32.2. The van der Waals surface area contributed by atoms with Gasteiger partial charge in [0.2, 0.25) is 0 Å². The molecule has 2 amide bonds. The van der Waals surface area contributed by atoms with Crippen LogP contribution in [0.25, 0.3) is 0 Å². The van der Waals surface area contributed by atoms with Crippen LogP contribution in [0.3, 0.4) is 0 Å². The Kier molecular flexibility index (Phi) is 4.06. The number of carbonyl (C=O) groups excluding carboxylic acids is 1. The molecular formula is C8H14N2O3S. The summed E-state index contributed by atoms with van der Waals surface area (Å²) < 4.78 is 0. The minimum Gasteiger partial charge on any atom is -0.480 e. The number of carboxylic acids is 1. The van der Waals surface area contributed by atoms with E-state index in [-0.39, 0.29) is 12.6 Å². The van der Waals surface area contributed by atoms with Gasteiger partial charge >= 0.3 is 12.0 Å². The molecule has 1 saturated heterocycles. The highest BCUT2D eigenvalue weighted by molar-refractivity contribution is 7.99. The Balaban J connectivity index is 2.32. The van der Waals surface area contributed by atoms with E-state index in [2.05, 4.69) is 12.2 Å². The molecule has 1 atom stereocenters. The first-order chi connectivity index (χ1) is 6.59. The molecule has 1 unspecified atom stereocenters. The van der Waals surface area contributed by atoms with Gasteiger partial charge in [-0.15, -0.1) is 0 Å². The predicted octanol–water partition coefficient (Wildman–Crippen LogP) is 0.218. The summed E-state index contributed by atoms with van der Waals surface area (Å²) in [6, 6.07) is -0.278. The van der Waals surface area contributed by atoms with Crippen LogP contribution in [0.15, 0.2) is 0 Å². The van der Waals surface area contributed by atoms with Crippen LogP contribution in [0.2, 0.25) is 0 Å². The van der Waals surface area contributed by atoms with Crippen LogP contribution < -0.4 is 5.32 Å². The van der Waals surface area contributed by atoms with Crippen LogP contribution in [-0.2, 0) is 4.79 Å². The van der Waals surface area contributed by atoms with Gasteiger partial charge in [-0.2, -0.15) is 11.8 Å². The first-order valence-electron chi connectivity index (χ1n) is 4.46. The lowest BCUT2D eigenvalue weighted by molar-refractivity contribution is -0.135. The molecule has 0 aromatic heterocycles. The van der Waals surface area contributed by atoms with Crippen molar-refractivity contribution in [1.82, 2.24) is 10.2 Å². The summed E-state index contributed by atoms with van der Waals surface area (Å²) in [5.74, 6) is -0.0976. The van der Waals surface area contributed by atoms with Crippen LogP contribution in [0.5, 0.6) is 0 Å². The molecule has 1 fully saturated rings. The van der Waals surface area contributed by atoms with Gasteiger partial charge in [-0.3, -0.25) is 4.79 Å². The van der Waals surface area contributed by atoms with Gasteiger partial charge in [0, 0.05) is 24.1 Å². The summed E-state index contributed by atoms with van der Waals surface area (Å²) in [5, 5.41) is 11.2. The number of thioether (sulfide) groups is 1. The fourth-order valence-corrected chi connectivity index (χ4v) is 2.28. The van der Waals surface area contributed by atoms with Gasteiger partial charge < -0.3 is 15.3 Å². The van der Waals surface area contributed by atoms with E-state index in [1.807, 2.05) is 11.8 Å². The molecule has 0 saturated carbocycles. The van der Waals surface area contributed by atoms with Crippen LogP contribution in [-0.4, -0.2) is 52.6 Å². The van der Waals surface area contributed by atoms with E-state index in [4.69, 9.17) is 5.11 Å². The fraction of sp³-hybridized carbons (Fsp3) is 0.750. The van der Waals surface area contributed by atoms with Gasteiger partial charge in [0.05, 0.1) is 0 Å². The van der Waals surface area contributed by atoms with E-state index >= 15 is 0 Å². The van der Waals surface area contributed by atoms with Gasteiger partial charge in [0.15, 0.2) is 0 Å². The number of urea groups is 1. The molecule has 1 rings (SSSR count). The number of rotatable bonds is 2. The largest absolute Gasteiger partial charge is 0.480 e. The predicted molar refractivity (Wildman–Crippen MR) is 54.5 cm³/mol. The summed E-state index contributed by atoms with van der Waals surface area (Å²) >= 11 is 1.83. The summed E-state index contributed by atoms with van der Waals surface area (Å²) in [5.41, 5.74) is 0. The molecule has 1 aliphatic heterocycles. The Morgan fingerprint density at radius 2 is 2.36 bits per heavy atom. The van der Waals surface area contributed by atoms with Crippen molar-refractivity contribution in [2.24, 2.45) is 0 Å². The molecule has 2 N–H and O–H groups in total. The number of nitrogens with zero attached hydrogens (tertiary/aromatic N) is 1. The molecule has 14 heavy (non-hydrogen) atoms. The van der Waals surface area contributed by atoms with Crippen LogP contribution in [0, 0.1) is 0 Å². The van der Waals surface area contributed by atoms with Crippen molar-refractivity contribution in [2.45, 2.75) is 12.2 Å². The Morgan fingerprint density at radius 3 is 2.93 bits per heavy atom. The third kappa shape index (κ3) is 3.45. The highest BCUT2D eigenvalue weighted by Gasteiger charge is 2.21. The fourth-order valence-electron chi connectivity index (χ4n) is 1.27. The Morgan fingerprint density at radius 1 is 1.64 bits per heavy atom. The highest BCUT2D eigenvalue weighted by Crippen LogP contribution is 2.17. The van der Waals surface area contributed by atoms with E-state index < -0.39 is 5.97 Å². The SMILES string of the molecule is CC1CN(C(=O)NCC(=O)O)CCS1. The molecule has 6 heteroatoms. The van der Waals surface area contributed by atoms with E-state index in [1.165, 1.54) is 0 Å². The van der Waals surface area contributed by atoms with Crippen molar-refractivity contribution in [1.29, 1.82) is 0 Å². The van der Waals surface area contributed by atoms with Crippen molar-refractivity contribution in [2.75, 3.05) is 25.4 Å². The third-order valence-electron chi connectivity index (χ3n) is 1.92. The van der Waals surface area contributed by atoms with Crippen molar-refractivity contribution in [3.63, 3.8) is 0 Å². The lowest BCUT2D eigenvalue weighted by Gasteiger charge is -2.30. The zero-order valence-corrected chi connectivity index (χ0v) is 8.84. The van der Waals surface area contributed by atoms with E-state index in [9.17, 15) is 9.59 Å². The number of hydrogen-bond acceptors (Lipinski definition) is 3. The van der Waals surface area contributed by atoms with Crippen molar-refractivity contribution in [3.8, 4) is 0 Å². The molecule has 1 aliphatic rings. The van der Waals surface area contributed by atoms with Gasteiger partial charge in [0.1, 0.15) is 6.54 Å². The second-order valence-electron chi connectivity index (χ2n) is 3.18. The smallest absolute Gasteiger partial charge is 0.323 e. The number of nitrogens with one attached hydrogen (secondary N) is 1. The average Bonchev–Trinajstić information content (AvgIpc) is 2.14. The monoisotopic (exact) mass is 218 g/mol. The lowest BCUT2D eigenvalue weighted by atomic mass is 10.4. The second-order valence-corrected chi connectivity index (χ2v) is 4.73. The van der Waals surface area contributed by atoms with Crippen molar-refractivity contribution < 1.29 is 14.7 Å². The quantitative estimate of drug-likeness (QED) is 0.695. The van der Waals surface area contributed by atoms with Gasteiger partial charge in [-0.25, -0.2) is 4.79 Å². The molecule has 80 valence electrons. The number of carboxylic acid groups (broad SMARTS) is 1. The Bertz CT molecular complexity index is 235. The Labute approximate surface area is 86.8 Å². The van der Waals surface area contributed by atoms with Gasteiger partial charge in [0.25, 0.3) is 0 Å². The molecule has 1 heterocycles. The molecule has 0 aliphatic carbocycles. The third-order valence-corrected chi connectivity index (χ3v) is 3.06. The molecule has 0 aromatic carbocycles. The molecule has 0 aromatic rings. The standard InChI is InChI=1S/C8H14N2O3S/c1-6-5-10(2-3-14-6)8(13)9-4-7(11)12/h6H,2-5H2,1H3,(H,9,13)(H,11,12). The topological polar surface area (TPSA) is 69.6 Å². The maximum atomic E-state index is 11.4. The number of aliphatic carboxylic acids is 1. The van der Waals surface area contributed by atoms with Crippen LogP contribution >= 0.6 is 11.8 Å². The van der Waals surface area contributed by atoms with Gasteiger partial charge in [-0.1, -0.05) is 6.92 Å². The van der Waals surface area contributed by atoms with E-state index in [0.29, 0.717) is 18.3 Å². The number of amides is 2. The minimum atomic E-state index is -1.02. The molecule has 5 nitrogen and oxygen atoms in total.